The summed E-state index contributed by atoms with van der Waals surface area (Å²) in [5.74, 6) is 0. The van der Waals surface area contributed by atoms with Crippen molar-refractivity contribution >= 4 is 44.8 Å². The van der Waals surface area contributed by atoms with Crippen LogP contribution in [0.1, 0.15) is 17.2 Å². The van der Waals surface area contributed by atoms with Gasteiger partial charge < -0.3 is 5.11 Å². The maximum atomic E-state index is 10.4. The van der Waals surface area contributed by atoms with Gasteiger partial charge in [0, 0.05) is 11.8 Å². The Balaban J connectivity index is 2.01. The van der Waals surface area contributed by atoms with Crippen molar-refractivity contribution < 1.29 is 5.11 Å². The molecular formula is C14H9Cl2NOS. The average Bonchev–Trinajstić information content (AvgIpc) is 2.88. The van der Waals surface area contributed by atoms with Gasteiger partial charge in [0.05, 0.1) is 20.3 Å². The number of aromatic nitrogens is 1. The summed E-state index contributed by atoms with van der Waals surface area (Å²) in [5, 5.41) is 13.3. The predicted molar refractivity (Wildman–Crippen MR) is 80.1 cm³/mol. The summed E-state index contributed by atoms with van der Waals surface area (Å²) in [5.41, 5.74) is 2.38. The smallest absolute Gasteiger partial charge is 0.106 e. The first-order chi connectivity index (χ1) is 9.15. The van der Waals surface area contributed by atoms with Gasteiger partial charge in [-0.2, -0.15) is 0 Å². The topological polar surface area (TPSA) is 33.1 Å². The minimum atomic E-state index is -0.756. The summed E-state index contributed by atoms with van der Waals surface area (Å²) in [6.07, 6.45) is 0.927. The first-order valence-electron chi connectivity index (χ1n) is 5.61. The average molecular weight is 310 g/mol. The molecule has 0 saturated carbocycles. The first kappa shape index (κ1) is 12.9. The molecule has 0 radical (unpaired) electrons. The van der Waals surface area contributed by atoms with Gasteiger partial charge in [0.1, 0.15) is 6.10 Å². The monoisotopic (exact) mass is 309 g/mol. The van der Waals surface area contributed by atoms with Crippen LogP contribution in [0.5, 0.6) is 0 Å². The van der Waals surface area contributed by atoms with Gasteiger partial charge in [-0.1, -0.05) is 29.3 Å². The third-order valence-electron chi connectivity index (χ3n) is 2.90. The number of benzene rings is 1. The molecule has 0 amide bonds. The number of pyridine rings is 1. The van der Waals surface area contributed by atoms with E-state index in [1.807, 2.05) is 17.5 Å². The number of hydrogen-bond acceptors (Lipinski definition) is 3. The van der Waals surface area contributed by atoms with E-state index in [1.54, 1.807) is 35.7 Å². The van der Waals surface area contributed by atoms with Crippen LogP contribution < -0.4 is 0 Å². The van der Waals surface area contributed by atoms with E-state index in [-0.39, 0.29) is 0 Å². The van der Waals surface area contributed by atoms with Gasteiger partial charge in [-0.25, -0.2) is 0 Å². The maximum Gasteiger partial charge on any atom is 0.106 e. The second kappa shape index (κ2) is 5.10. The van der Waals surface area contributed by atoms with Crippen LogP contribution in [0.4, 0.5) is 0 Å². The molecule has 1 unspecified atom stereocenters. The molecule has 0 fully saturated rings. The zero-order chi connectivity index (χ0) is 13.4. The Morgan fingerprint density at radius 2 is 1.89 bits per heavy atom. The predicted octanol–water partition coefficient (Wildman–Crippen LogP) is 4.68. The van der Waals surface area contributed by atoms with Gasteiger partial charge in [-0.3, -0.25) is 4.98 Å². The normalized spacial score (nSPS) is 12.8. The van der Waals surface area contributed by atoms with E-state index in [2.05, 4.69) is 4.98 Å². The molecule has 2 aromatic heterocycles. The molecule has 1 atom stereocenters. The van der Waals surface area contributed by atoms with Crippen molar-refractivity contribution in [2.24, 2.45) is 0 Å². The fourth-order valence-corrected chi connectivity index (χ4v) is 2.98. The Hall–Kier alpha value is -1.13. The van der Waals surface area contributed by atoms with E-state index in [1.165, 1.54) is 0 Å². The standard InChI is InChI=1S/C14H9Cl2NOS/c15-10-2-1-8(5-11(10)16)14(18)9-6-13-12(17-7-9)3-4-19-13/h1-7,14,18H. The van der Waals surface area contributed by atoms with Crippen LogP contribution in [0.25, 0.3) is 10.2 Å². The first-order valence-corrected chi connectivity index (χ1v) is 7.25. The van der Waals surface area contributed by atoms with E-state index in [4.69, 9.17) is 23.2 Å². The summed E-state index contributed by atoms with van der Waals surface area (Å²) in [6, 6.07) is 9.01. The van der Waals surface area contributed by atoms with Crippen molar-refractivity contribution in [3.8, 4) is 0 Å². The second-order valence-corrected chi connectivity index (χ2v) is 5.91. The molecule has 0 bridgehead atoms. The van der Waals surface area contributed by atoms with Crippen LogP contribution >= 0.6 is 34.5 Å². The number of halogens is 2. The maximum absolute atomic E-state index is 10.4. The lowest BCUT2D eigenvalue weighted by molar-refractivity contribution is 0.220. The summed E-state index contributed by atoms with van der Waals surface area (Å²) < 4.78 is 1.05. The van der Waals surface area contributed by atoms with Gasteiger partial charge in [0.2, 0.25) is 0 Å². The molecule has 3 aromatic rings. The molecule has 19 heavy (non-hydrogen) atoms. The molecule has 0 saturated heterocycles. The van der Waals surface area contributed by atoms with Crippen LogP contribution in [-0.4, -0.2) is 10.1 Å². The van der Waals surface area contributed by atoms with Gasteiger partial charge in [0.15, 0.2) is 0 Å². The Kier molecular flexibility index (Phi) is 3.46. The largest absolute Gasteiger partial charge is 0.384 e. The fraction of sp³-hybridized carbons (Fsp3) is 0.0714. The Morgan fingerprint density at radius 3 is 2.68 bits per heavy atom. The molecule has 0 aliphatic heterocycles. The van der Waals surface area contributed by atoms with Crippen molar-refractivity contribution in [2.75, 3.05) is 0 Å². The zero-order valence-corrected chi connectivity index (χ0v) is 12.0. The van der Waals surface area contributed by atoms with E-state index in [9.17, 15) is 5.11 Å². The second-order valence-electron chi connectivity index (χ2n) is 4.15. The third-order valence-corrected chi connectivity index (χ3v) is 4.49. The number of thiophene rings is 1. The fourth-order valence-electron chi connectivity index (χ4n) is 1.89. The number of nitrogens with zero attached hydrogens (tertiary/aromatic N) is 1. The van der Waals surface area contributed by atoms with Crippen molar-refractivity contribution in [2.45, 2.75) is 6.10 Å². The molecule has 2 nitrogen and oxygen atoms in total. The van der Waals surface area contributed by atoms with E-state index >= 15 is 0 Å². The molecule has 3 rings (SSSR count). The van der Waals surface area contributed by atoms with E-state index in [0.29, 0.717) is 15.6 Å². The quantitative estimate of drug-likeness (QED) is 0.745. The third kappa shape index (κ3) is 2.47. The highest BCUT2D eigenvalue weighted by molar-refractivity contribution is 7.17. The number of fused-ring (bicyclic) bond motifs is 1. The summed E-state index contributed by atoms with van der Waals surface area (Å²) >= 11 is 13.4. The molecule has 96 valence electrons. The van der Waals surface area contributed by atoms with E-state index in [0.717, 1.165) is 15.8 Å². The lowest BCUT2D eigenvalue weighted by Gasteiger charge is -2.12. The number of aliphatic hydroxyl groups is 1. The Labute approximate surface area is 124 Å². The van der Waals surface area contributed by atoms with Crippen LogP contribution in [0.3, 0.4) is 0 Å². The number of aliphatic hydroxyl groups excluding tert-OH is 1. The van der Waals surface area contributed by atoms with Crippen molar-refractivity contribution in [1.29, 1.82) is 0 Å². The zero-order valence-electron chi connectivity index (χ0n) is 9.68. The van der Waals surface area contributed by atoms with Crippen molar-refractivity contribution in [3.63, 3.8) is 0 Å². The van der Waals surface area contributed by atoms with E-state index < -0.39 is 6.10 Å². The van der Waals surface area contributed by atoms with Crippen LogP contribution in [0.2, 0.25) is 10.0 Å². The summed E-state index contributed by atoms with van der Waals surface area (Å²) in [6.45, 7) is 0. The van der Waals surface area contributed by atoms with Crippen LogP contribution in [-0.2, 0) is 0 Å². The van der Waals surface area contributed by atoms with Crippen LogP contribution in [0, 0.1) is 0 Å². The van der Waals surface area contributed by atoms with Crippen molar-refractivity contribution in [1.82, 2.24) is 4.98 Å². The van der Waals surface area contributed by atoms with Gasteiger partial charge >= 0.3 is 0 Å². The molecule has 5 heteroatoms. The molecule has 1 N–H and O–H groups in total. The molecule has 0 aliphatic carbocycles. The highest BCUT2D eigenvalue weighted by Crippen LogP contribution is 2.30. The van der Waals surface area contributed by atoms with Gasteiger partial charge in [0.25, 0.3) is 0 Å². The van der Waals surface area contributed by atoms with Crippen molar-refractivity contribution in [3.05, 3.63) is 63.1 Å². The summed E-state index contributed by atoms with van der Waals surface area (Å²) in [4.78, 5) is 4.32. The Morgan fingerprint density at radius 1 is 1.05 bits per heavy atom. The highest BCUT2D eigenvalue weighted by Gasteiger charge is 2.13. The lowest BCUT2D eigenvalue weighted by Crippen LogP contribution is -2.00. The molecule has 2 heterocycles. The van der Waals surface area contributed by atoms with Crippen LogP contribution in [0.15, 0.2) is 41.9 Å². The number of hydrogen-bond donors (Lipinski definition) is 1. The summed E-state index contributed by atoms with van der Waals surface area (Å²) in [7, 11) is 0. The molecule has 1 aromatic carbocycles. The SMILES string of the molecule is OC(c1ccc(Cl)c(Cl)c1)c1cnc2ccsc2c1. The lowest BCUT2D eigenvalue weighted by atomic mass is 10.0. The van der Waals surface area contributed by atoms with Gasteiger partial charge in [-0.15, -0.1) is 11.3 Å². The minimum Gasteiger partial charge on any atom is -0.384 e. The molecule has 0 spiro atoms. The highest BCUT2D eigenvalue weighted by atomic mass is 35.5. The van der Waals surface area contributed by atoms with Gasteiger partial charge in [-0.05, 0) is 35.2 Å². The molecular weight excluding hydrogens is 301 g/mol. The molecule has 0 aliphatic rings. The number of rotatable bonds is 2. The Bertz CT molecular complexity index is 741. The minimum absolute atomic E-state index is 0.434.